The minimum atomic E-state index is 0. The van der Waals surface area contributed by atoms with Crippen LogP contribution in [0.15, 0.2) is 84.9 Å². The Morgan fingerprint density at radius 3 is 1.00 bits per heavy atom. The van der Waals surface area contributed by atoms with Gasteiger partial charge in [0.15, 0.2) is 0 Å². The molecule has 0 fully saturated rings. The van der Waals surface area contributed by atoms with Gasteiger partial charge in [0, 0.05) is 0 Å². The standard InChI is InChI=1S/2C14H17.2C8H10O.2CH3.Si.Zr/c2*1-9(2)12-7-11(4)14-6-10(3)5-13(14)8-12;2*1-6-4-3-5-7(2)8(6)9;;;;/h2*5-9H,1-4H3;2*3-5,9H,1-2H3;2*1H3;;/q2*-1;;;2*-1;;. The summed E-state index contributed by atoms with van der Waals surface area (Å²) < 4.78 is 0. The van der Waals surface area contributed by atoms with E-state index in [4.69, 9.17) is 0 Å². The molecule has 6 aromatic carbocycles. The first-order valence-corrected chi connectivity index (χ1v) is 20.9. The van der Waals surface area contributed by atoms with Crippen molar-refractivity contribution in [3.8, 4) is 11.5 Å². The van der Waals surface area contributed by atoms with Crippen LogP contribution in [0.4, 0.5) is 0 Å². The molecule has 0 bridgehead atoms. The number of rotatable bonds is 2. The number of benzene rings is 4. The van der Waals surface area contributed by atoms with Crippen molar-refractivity contribution in [2.45, 2.75) is 94.9 Å². The van der Waals surface area contributed by atoms with E-state index in [2.05, 4.69) is 111 Å². The number of hydrogen-bond acceptors (Lipinski definition) is 2. The molecule has 2 radical (unpaired) electrons. The molecule has 2 N–H and O–H groups in total. The molecule has 0 amide bonds. The normalized spacial score (nSPS) is 9.94. The summed E-state index contributed by atoms with van der Waals surface area (Å²) in [7, 11) is 0. The topological polar surface area (TPSA) is 40.5 Å². The zero-order valence-electron chi connectivity index (χ0n) is 33.1. The van der Waals surface area contributed by atoms with Crippen LogP contribution >= 0.6 is 0 Å². The van der Waals surface area contributed by atoms with Crippen LogP contribution in [0.3, 0.4) is 0 Å². The van der Waals surface area contributed by atoms with E-state index in [9.17, 15) is 10.2 Å². The van der Waals surface area contributed by atoms with Gasteiger partial charge in [-0.25, -0.2) is 0 Å². The SMILES string of the molecule is Cc1cc2c(C)cc(C(C)C)cc2[cH-]1.Cc1cc2c(C)cc(C(C)C)cc2[cH-]1.Cc1cccc(C)c1O.Cc1cccc(C)c1O.[CH3-].[CH3-].[Si]=[Zr]. The Bertz CT molecular complexity index is 1740. The molecule has 0 unspecified atom stereocenters. The number of aromatic hydroxyl groups is 2. The van der Waals surface area contributed by atoms with E-state index >= 15 is 0 Å². The summed E-state index contributed by atoms with van der Waals surface area (Å²) in [6, 6.07) is 29.8. The van der Waals surface area contributed by atoms with E-state index in [1.54, 1.807) is 0 Å². The van der Waals surface area contributed by atoms with E-state index in [0.717, 1.165) is 22.3 Å². The molecule has 4 heteroatoms. The summed E-state index contributed by atoms with van der Waals surface area (Å²) in [5, 5.41) is 24.0. The molecule has 0 aliphatic heterocycles. The van der Waals surface area contributed by atoms with Crippen LogP contribution in [0.5, 0.6) is 11.5 Å². The summed E-state index contributed by atoms with van der Waals surface area (Å²) in [5.41, 5.74) is 12.2. The molecule has 0 atom stereocenters. The van der Waals surface area contributed by atoms with Crippen LogP contribution in [0, 0.1) is 70.2 Å². The first kappa shape index (κ1) is 46.8. The van der Waals surface area contributed by atoms with Crippen LogP contribution in [0.25, 0.3) is 21.5 Å². The molecule has 0 saturated heterocycles. The molecule has 0 spiro atoms. The van der Waals surface area contributed by atoms with E-state index in [0.29, 0.717) is 23.3 Å². The second kappa shape index (κ2) is 21.9. The predicted molar refractivity (Wildman–Crippen MR) is 220 cm³/mol. The van der Waals surface area contributed by atoms with Crippen molar-refractivity contribution >= 4 is 28.4 Å². The fourth-order valence-corrected chi connectivity index (χ4v) is 5.65. The van der Waals surface area contributed by atoms with Gasteiger partial charge in [0.1, 0.15) is 11.5 Å². The monoisotopic (exact) mass is 762 g/mol. The third-order valence-electron chi connectivity index (χ3n) is 8.61. The maximum atomic E-state index is 9.21. The molecule has 268 valence electrons. The minimum absolute atomic E-state index is 0. The summed E-state index contributed by atoms with van der Waals surface area (Å²) in [6.07, 6.45) is 0. The summed E-state index contributed by atoms with van der Waals surface area (Å²) in [5.74, 6) is 2.07. The Balaban J connectivity index is 0.000000634. The van der Waals surface area contributed by atoms with Gasteiger partial charge in [-0.15, -0.1) is 56.9 Å². The van der Waals surface area contributed by atoms with Crippen LogP contribution in [-0.2, 0) is 23.3 Å². The average molecular weight is 764 g/mol. The van der Waals surface area contributed by atoms with E-state index < -0.39 is 0 Å². The van der Waals surface area contributed by atoms with Gasteiger partial charge in [-0.05, 0) is 75.6 Å². The summed E-state index contributed by atoms with van der Waals surface area (Å²) >= 11 is 1.36. The second-order valence-electron chi connectivity index (χ2n) is 13.5. The van der Waals surface area contributed by atoms with Gasteiger partial charge in [-0.2, -0.15) is 12.1 Å². The predicted octanol–water partition coefficient (Wildman–Crippen LogP) is 13.1. The van der Waals surface area contributed by atoms with Crippen molar-refractivity contribution in [2.75, 3.05) is 0 Å². The number of phenolic OH excluding ortho intramolecular Hbond substituents is 2. The first-order valence-electron chi connectivity index (χ1n) is 16.7. The van der Waals surface area contributed by atoms with Crippen LogP contribution in [0.2, 0.25) is 0 Å². The third-order valence-corrected chi connectivity index (χ3v) is 8.61. The molecule has 6 rings (SSSR count). The zero-order chi connectivity index (χ0) is 36.3. The second-order valence-corrected chi connectivity index (χ2v) is 13.5. The van der Waals surface area contributed by atoms with Gasteiger partial charge < -0.3 is 25.1 Å². The van der Waals surface area contributed by atoms with Crippen molar-refractivity contribution in [1.29, 1.82) is 0 Å². The van der Waals surface area contributed by atoms with Gasteiger partial charge in [0.2, 0.25) is 0 Å². The average Bonchev–Trinajstić information content (AvgIpc) is 3.62. The molecule has 50 heavy (non-hydrogen) atoms. The van der Waals surface area contributed by atoms with Gasteiger partial charge in [-0.1, -0.05) is 112 Å². The van der Waals surface area contributed by atoms with Gasteiger partial charge in [-0.3, -0.25) is 0 Å². The molecule has 0 aliphatic carbocycles. The summed E-state index contributed by atoms with van der Waals surface area (Å²) in [6.45, 7) is 28.3. The van der Waals surface area contributed by atoms with Gasteiger partial charge in [0.25, 0.3) is 0 Å². The van der Waals surface area contributed by atoms with Crippen LogP contribution in [0.1, 0.15) is 95.2 Å². The Kier molecular flexibility index (Phi) is 20.5. The van der Waals surface area contributed by atoms with Crippen molar-refractivity contribution in [3.05, 3.63) is 155 Å². The van der Waals surface area contributed by atoms with Gasteiger partial charge >= 0.3 is 30.2 Å². The molecule has 6 aromatic rings. The van der Waals surface area contributed by atoms with E-state index in [1.807, 2.05) is 64.1 Å². The van der Waals surface area contributed by atoms with Crippen molar-refractivity contribution in [1.82, 2.24) is 0 Å². The van der Waals surface area contributed by atoms with Crippen LogP contribution in [-0.4, -0.2) is 17.1 Å². The number of fused-ring (bicyclic) bond motifs is 2. The fourth-order valence-electron chi connectivity index (χ4n) is 5.65. The quantitative estimate of drug-likeness (QED) is 0.136. The Morgan fingerprint density at radius 1 is 0.480 bits per heavy atom. The number of para-hydroxylation sites is 2. The molecule has 0 aromatic heterocycles. The van der Waals surface area contributed by atoms with Crippen molar-refractivity contribution in [2.24, 2.45) is 0 Å². The number of aryl methyl sites for hydroxylation is 8. The molecular weight excluding hydrogens is 704 g/mol. The Morgan fingerprint density at radius 2 is 0.760 bits per heavy atom. The van der Waals surface area contributed by atoms with Crippen molar-refractivity contribution in [3.63, 3.8) is 0 Å². The molecular formula is C46H60O2SiZr-4. The van der Waals surface area contributed by atoms with Crippen molar-refractivity contribution < 1.29 is 33.5 Å². The molecule has 0 aliphatic rings. The van der Waals surface area contributed by atoms with E-state index in [1.165, 1.54) is 78.3 Å². The fraction of sp³-hybridized carbons (Fsp3) is 0.304. The maximum absolute atomic E-state index is 9.21. The zero-order valence-corrected chi connectivity index (χ0v) is 36.6. The van der Waals surface area contributed by atoms with Gasteiger partial charge in [0.05, 0.1) is 0 Å². The number of hydrogen-bond donors (Lipinski definition) is 2. The molecule has 0 saturated carbocycles. The third kappa shape index (κ3) is 13.2. The Labute approximate surface area is 321 Å². The van der Waals surface area contributed by atoms with E-state index in [-0.39, 0.29) is 14.9 Å². The molecule has 0 heterocycles. The summed E-state index contributed by atoms with van der Waals surface area (Å²) in [4.78, 5) is 0. The Hall–Kier alpha value is -3.20. The van der Waals surface area contributed by atoms with Crippen LogP contribution < -0.4 is 0 Å². The first-order chi connectivity index (χ1) is 22.6. The molecule has 2 nitrogen and oxygen atoms in total. The number of phenols is 2.